The van der Waals surface area contributed by atoms with Crippen LogP contribution in [-0.2, 0) is 20.7 Å². The topological polar surface area (TPSA) is 43.4 Å². The molecule has 1 atom stereocenters. The van der Waals surface area contributed by atoms with Crippen molar-refractivity contribution in [3.8, 4) is 0 Å². The van der Waals surface area contributed by atoms with E-state index in [1.165, 1.54) is 5.56 Å². The Hall–Kier alpha value is -0.870. The Bertz CT molecular complexity index is 446. The van der Waals surface area contributed by atoms with Gasteiger partial charge < -0.3 is 0 Å². The van der Waals surface area contributed by atoms with Gasteiger partial charge in [0.05, 0.1) is 12.4 Å². The molecule has 0 unspecified atom stereocenters. The molecular formula is C13H20O3S. The molecule has 0 aliphatic carbocycles. The standard InChI is InChI=1S/C13H20O3S/c1-10(2)9-12-5-7-13(8-6-12)11(3)16-17(4,14)15/h5-8,10-11H,9H2,1-4H3/t11-/m0/s1. The van der Waals surface area contributed by atoms with E-state index in [0.29, 0.717) is 5.92 Å². The molecule has 0 saturated carbocycles. The molecule has 0 aromatic heterocycles. The van der Waals surface area contributed by atoms with Crippen LogP contribution in [0.2, 0.25) is 0 Å². The van der Waals surface area contributed by atoms with E-state index in [4.69, 9.17) is 4.18 Å². The fraction of sp³-hybridized carbons (Fsp3) is 0.538. The highest BCUT2D eigenvalue weighted by atomic mass is 32.2. The molecule has 0 bridgehead atoms. The van der Waals surface area contributed by atoms with Crippen LogP contribution in [0, 0.1) is 5.92 Å². The first-order valence-corrected chi connectivity index (χ1v) is 7.56. The van der Waals surface area contributed by atoms with Crippen LogP contribution in [0.1, 0.15) is 38.0 Å². The summed E-state index contributed by atoms with van der Waals surface area (Å²) in [7, 11) is -3.40. The van der Waals surface area contributed by atoms with Gasteiger partial charge in [-0.1, -0.05) is 38.1 Å². The van der Waals surface area contributed by atoms with E-state index < -0.39 is 16.2 Å². The van der Waals surface area contributed by atoms with Crippen molar-refractivity contribution in [2.45, 2.75) is 33.3 Å². The molecular weight excluding hydrogens is 236 g/mol. The van der Waals surface area contributed by atoms with Crippen molar-refractivity contribution in [1.29, 1.82) is 0 Å². The molecule has 0 fully saturated rings. The van der Waals surface area contributed by atoms with Crippen molar-refractivity contribution in [3.63, 3.8) is 0 Å². The lowest BCUT2D eigenvalue weighted by atomic mass is 10.0. The van der Waals surface area contributed by atoms with Crippen LogP contribution in [0.3, 0.4) is 0 Å². The van der Waals surface area contributed by atoms with Gasteiger partial charge in [-0.25, -0.2) is 0 Å². The van der Waals surface area contributed by atoms with Gasteiger partial charge in [-0.2, -0.15) is 8.42 Å². The molecule has 0 N–H and O–H groups in total. The minimum atomic E-state index is -3.40. The lowest BCUT2D eigenvalue weighted by molar-refractivity contribution is 0.236. The van der Waals surface area contributed by atoms with E-state index in [9.17, 15) is 8.42 Å². The van der Waals surface area contributed by atoms with Gasteiger partial charge in [0.1, 0.15) is 0 Å². The van der Waals surface area contributed by atoms with Crippen molar-refractivity contribution in [3.05, 3.63) is 35.4 Å². The first-order valence-electron chi connectivity index (χ1n) is 5.75. The Morgan fingerprint density at radius 1 is 1.12 bits per heavy atom. The zero-order chi connectivity index (χ0) is 13.1. The summed E-state index contributed by atoms with van der Waals surface area (Å²) >= 11 is 0. The van der Waals surface area contributed by atoms with Crippen LogP contribution in [0.25, 0.3) is 0 Å². The zero-order valence-electron chi connectivity index (χ0n) is 10.8. The first kappa shape index (κ1) is 14.2. The molecule has 4 heteroatoms. The quantitative estimate of drug-likeness (QED) is 0.761. The van der Waals surface area contributed by atoms with Gasteiger partial charge in [-0.05, 0) is 30.4 Å². The van der Waals surface area contributed by atoms with Gasteiger partial charge in [-0.15, -0.1) is 0 Å². The van der Waals surface area contributed by atoms with E-state index >= 15 is 0 Å². The average molecular weight is 256 g/mol. The first-order chi connectivity index (χ1) is 7.78. The second-order valence-corrected chi connectivity index (χ2v) is 6.38. The maximum atomic E-state index is 11.0. The molecule has 96 valence electrons. The Labute approximate surface area is 104 Å². The van der Waals surface area contributed by atoms with E-state index in [1.807, 2.05) is 24.3 Å². The molecule has 3 nitrogen and oxygen atoms in total. The average Bonchev–Trinajstić information content (AvgIpc) is 2.15. The Kier molecular flexibility index (Phi) is 4.71. The van der Waals surface area contributed by atoms with Crippen LogP contribution < -0.4 is 0 Å². The Balaban J connectivity index is 2.73. The predicted octanol–water partition coefficient (Wildman–Crippen LogP) is 2.92. The molecule has 0 amide bonds. The SMILES string of the molecule is CC(C)Cc1ccc([C@H](C)OS(C)(=O)=O)cc1. The summed E-state index contributed by atoms with van der Waals surface area (Å²) in [5, 5.41) is 0. The molecule has 0 radical (unpaired) electrons. The summed E-state index contributed by atoms with van der Waals surface area (Å²) in [5.74, 6) is 0.616. The van der Waals surface area contributed by atoms with E-state index in [0.717, 1.165) is 18.2 Å². The normalized spacial score (nSPS) is 13.9. The van der Waals surface area contributed by atoms with Crippen LogP contribution in [0.4, 0.5) is 0 Å². The van der Waals surface area contributed by atoms with Crippen molar-refractivity contribution < 1.29 is 12.6 Å². The fourth-order valence-corrected chi connectivity index (χ4v) is 2.35. The van der Waals surface area contributed by atoms with Crippen molar-refractivity contribution in [1.82, 2.24) is 0 Å². The maximum absolute atomic E-state index is 11.0. The number of hydrogen-bond donors (Lipinski definition) is 0. The highest BCUT2D eigenvalue weighted by molar-refractivity contribution is 7.86. The van der Waals surface area contributed by atoms with Gasteiger partial charge in [0.25, 0.3) is 10.1 Å². The smallest absolute Gasteiger partial charge is 0.262 e. The summed E-state index contributed by atoms with van der Waals surface area (Å²) in [6.07, 6.45) is 1.66. The van der Waals surface area contributed by atoms with Crippen molar-refractivity contribution >= 4 is 10.1 Å². The summed E-state index contributed by atoms with van der Waals surface area (Å²) < 4.78 is 26.9. The van der Waals surface area contributed by atoms with Crippen LogP contribution in [0.15, 0.2) is 24.3 Å². The molecule has 0 spiro atoms. The van der Waals surface area contributed by atoms with Gasteiger partial charge in [-0.3, -0.25) is 4.18 Å². The van der Waals surface area contributed by atoms with Crippen LogP contribution >= 0.6 is 0 Å². The molecule has 1 aromatic rings. The van der Waals surface area contributed by atoms with Crippen molar-refractivity contribution in [2.75, 3.05) is 6.26 Å². The molecule has 0 aliphatic heterocycles. The van der Waals surface area contributed by atoms with Crippen LogP contribution in [0.5, 0.6) is 0 Å². The largest absolute Gasteiger partial charge is 0.264 e. The fourth-order valence-electron chi connectivity index (χ4n) is 1.71. The predicted molar refractivity (Wildman–Crippen MR) is 69.3 cm³/mol. The Morgan fingerprint density at radius 2 is 1.65 bits per heavy atom. The third kappa shape index (κ3) is 5.33. The molecule has 1 aromatic carbocycles. The van der Waals surface area contributed by atoms with Gasteiger partial charge in [0.15, 0.2) is 0 Å². The van der Waals surface area contributed by atoms with E-state index in [1.54, 1.807) is 6.92 Å². The number of benzene rings is 1. The monoisotopic (exact) mass is 256 g/mol. The lowest BCUT2D eigenvalue weighted by Crippen LogP contribution is -2.07. The van der Waals surface area contributed by atoms with Gasteiger partial charge in [0, 0.05) is 0 Å². The number of hydrogen-bond acceptors (Lipinski definition) is 3. The summed E-state index contributed by atoms with van der Waals surface area (Å²) in [6.45, 7) is 6.07. The minimum absolute atomic E-state index is 0.432. The second kappa shape index (κ2) is 5.65. The third-order valence-corrected chi connectivity index (χ3v) is 3.05. The number of rotatable bonds is 5. The Morgan fingerprint density at radius 3 is 2.06 bits per heavy atom. The molecule has 0 saturated heterocycles. The molecule has 1 rings (SSSR count). The maximum Gasteiger partial charge on any atom is 0.264 e. The lowest BCUT2D eigenvalue weighted by Gasteiger charge is -2.12. The molecule has 17 heavy (non-hydrogen) atoms. The molecule has 0 heterocycles. The highest BCUT2D eigenvalue weighted by Crippen LogP contribution is 2.20. The van der Waals surface area contributed by atoms with E-state index in [-0.39, 0.29) is 0 Å². The minimum Gasteiger partial charge on any atom is -0.262 e. The van der Waals surface area contributed by atoms with Gasteiger partial charge in [0.2, 0.25) is 0 Å². The summed E-state index contributed by atoms with van der Waals surface area (Å²) in [5.41, 5.74) is 2.14. The van der Waals surface area contributed by atoms with Gasteiger partial charge >= 0.3 is 0 Å². The third-order valence-electron chi connectivity index (χ3n) is 2.41. The highest BCUT2D eigenvalue weighted by Gasteiger charge is 2.12. The molecule has 0 aliphatic rings. The zero-order valence-corrected chi connectivity index (χ0v) is 11.6. The summed E-state index contributed by atoms with van der Waals surface area (Å²) in [4.78, 5) is 0. The second-order valence-electron chi connectivity index (χ2n) is 4.78. The van der Waals surface area contributed by atoms with Crippen molar-refractivity contribution in [2.24, 2.45) is 5.92 Å². The summed E-state index contributed by atoms with van der Waals surface area (Å²) in [6, 6.07) is 7.90. The van der Waals surface area contributed by atoms with Crippen LogP contribution in [-0.4, -0.2) is 14.7 Å². The van der Waals surface area contributed by atoms with E-state index in [2.05, 4.69) is 13.8 Å².